The summed E-state index contributed by atoms with van der Waals surface area (Å²) < 4.78 is 25.2. The van der Waals surface area contributed by atoms with Crippen LogP contribution in [0.1, 0.15) is 11.7 Å². The summed E-state index contributed by atoms with van der Waals surface area (Å²) in [6.45, 7) is -0.430. The monoisotopic (exact) mass is 203 g/mol. The van der Waals surface area contributed by atoms with E-state index in [0.29, 0.717) is 0 Å². The molecule has 0 aromatic heterocycles. The number of aliphatic hydroxyl groups excluding tert-OH is 2. The van der Waals surface area contributed by atoms with Crippen LogP contribution in [-0.2, 0) is 0 Å². The molecule has 0 saturated carbocycles. The van der Waals surface area contributed by atoms with Crippen molar-refractivity contribution in [2.24, 2.45) is 5.73 Å². The van der Waals surface area contributed by atoms with Gasteiger partial charge in [-0.15, -0.1) is 0 Å². The van der Waals surface area contributed by atoms with Crippen LogP contribution in [0.2, 0.25) is 0 Å². The predicted molar refractivity (Wildman–Crippen MR) is 46.4 cm³/mol. The van der Waals surface area contributed by atoms with Crippen molar-refractivity contribution in [1.82, 2.24) is 0 Å². The predicted octanol–water partition coefficient (Wildman–Crippen LogP) is 0.318. The van der Waals surface area contributed by atoms with Gasteiger partial charge in [-0.05, 0) is 17.7 Å². The van der Waals surface area contributed by atoms with Crippen LogP contribution in [0.4, 0.5) is 8.78 Å². The molecular formula is C9H11F2NO2. The molecule has 4 N–H and O–H groups in total. The molecule has 0 unspecified atom stereocenters. The molecule has 3 nitrogen and oxygen atoms in total. The van der Waals surface area contributed by atoms with Crippen molar-refractivity contribution in [3.63, 3.8) is 0 Å². The lowest BCUT2D eigenvalue weighted by Gasteiger charge is -2.16. The molecule has 1 rings (SSSR count). The number of halogens is 2. The Kier molecular flexibility index (Phi) is 3.51. The van der Waals surface area contributed by atoms with Crippen LogP contribution in [0.25, 0.3) is 0 Å². The van der Waals surface area contributed by atoms with Gasteiger partial charge in [0.2, 0.25) is 0 Å². The number of benzene rings is 1. The summed E-state index contributed by atoms with van der Waals surface area (Å²) in [5.74, 6) is -2.04. The normalized spacial score (nSPS) is 15.2. The van der Waals surface area contributed by atoms with E-state index < -0.39 is 30.4 Å². The third kappa shape index (κ3) is 2.25. The standard InChI is InChI=1S/C9H11F2NO2/c10-6-2-1-5(3-7(6)11)9(14)8(12)4-13/h1-3,8-9,13-14H,4,12H2/t8-,9+/m1/s1. The van der Waals surface area contributed by atoms with Crippen molar-refractivity contribution in [2.45, 2.75) is 12.1 Å². The van der Waals surface area contributed by atoms with Crippen LogP contribution in [0.15, 0.2) is 18.2 Å². The summed E-state index contributed by atoms with van der Waals surface area (Å²) in [5, 5.41) is 18.1. The summed E-state index contributed by atoms with van der Waals surface area (Å²) in [4.78, 5) is 0. The second kappa shape index (κ2) is 4.45. The molecule has 0 fully saturated rings. The van der Waals surface area contributed by atoms with Crippen molar-refractivity contribution in [3.05, 3.63) is 35.4 Å². The smallest absolute Gasteiger partial charge is 0.159 e. The molecular weight excluding hydrogens is 192 g/mol. The van der Waals surface area contributed by atoms with Gasteiger partial charge in [-0.1, -0.05) is 6.07 Å². The molecule has 0 aliphatic carbocycles. The molecule has 2 atom stereocenters. The first-order valence-electron chi connectivity index (χ1n) is 4.05. The van der Waals surface area contributed by atoms with Crippen LogP contribution in [0.5, 0.6) is 0 Å². The zero-order valence-corrected chi connectivity index (χ0v) is 7.32. The second-order valence-corrected chi connectivity index (χ2v) is 2.96. The average molecular weight is 203 g/mol. The molecule has 0 saturated heterocycles. The summed E-state index contributed by atoms with van der Waals surface area (Å²) in [6.07, 6.45) is -1.20. The molecule has 5 heteroatoms. The fourth-order valence-electron chi connectivity index (χ4n) is 1.04. The van der Waals surface area contributed by atoms with Gasteiger partial charge < -0.3 is 15.9 Å². The molecule has 14 heavy (non-hydrogen) atoms. The van der Waals surface area contributed by atoms with Crippen LogP contribution < -0.4 is 5.73 Å². The maximum atomic E-state index is 12.7. The Bertz CT molecular complexity index is 320. The summed E-state index contributed by atoms with van der Waals surface area (Å²) >= 11 is 0. The number of hydrogen-bond donors (Lipinski definition) is 3. The number of aliphatic hydroxyl groups is 2. The minimum Gasteiger partial charge on any atom is -0.395 e. The van der Waals surface area contributed by atoms with Crippen molar-refractivity contribution in [2.75, 3.05) is 6.61 Å². The summed E-state index contributed by atoms with van der Waals surface area (Å²) in [5.41, 5.74) is 5.46. The van der Waals surface area contributed by atoms with Gasteiger partial charge in [0.25, 0.3) is 0 Å². The Balaban J connectivity index is 2.91. The SMILES string of the molecule is N[C@H](CO)[C@@H](O)c1ccc(F)c(F)c1. The van der Waals surface area contributed by atoms with E-state index in [-0.39, 0.29) is 5.56 Å². The van der Waals surface area contributed by atoms with E-state index in [1.807, 2.05) is 0 Å². The van der Waals surface area contributed by atoms with Crippen molar-refractivity contribution in [1.29, 1.82) is 0 Å². The van der Waals surface area contributed by atoms with Gasteiger partial charge in [0.05, 0.1) is 18.8 Å². The average Bonchev–Trinajstić information content (AvgIpc) is 2.20. The Morgan fingerprint density at radius 2 is 1.93 bits per heavy atom. The van der Waals surface area contributed by atoms with E-state index in [4.69, 9.17) is 10.8 Å². The highest BCUT2D eigenvalue weighted by Gasteiger charge is 2.17. The maximum absolute atomic E-state index is 12.7. The number of rotatable bonds is 3. The van der Waals surface area contributed by atoms with Gasteiger partial charge in [-0.3, -0.25) is 0 Å². The number of nitrogens with two attached hydrogens (primary N) is 1. The lowest BCUT2D eigenvalue weighted by atomic mass is 10.0. The van der Waals surface area contributed by atoms with Gasteiger partial charge in [0.15, 0.2) is 11.6 Å². The van der Waals surface area contributed by atoms with E-state index in [9.17, 15) is 13.9 Å². The highest BCUT2D eigenvalue weighted by atomic mass is 19.2. The van der Waals surface area contributed by atoms with E-state index in [2.05, 4.69) is 0 Å². The first-order chi connectivity index (χ1) is 6.56. The molecule has 1 aromatic rings. The zero-order valence-electron chi connectivity index (χ0n) is 7.32. The molecule has 0 bridgehead atoms. The molecule has 0 heterocycles. The largest absolute Gasteiger partial charge is 0.395 e. The first kappa shape index (κ1) is 11.0. The molecule has 0 amide bonds. The van der Waals surface area contributed by atoms with Crippen LogP contribution >= 0.6 is 0 Å². The lowest BCUT2D eigenvalue weighted by Crippen LogP contribution is -2.31. The second-order valence-electron chi connectivity index (χ2n) is 2.96. The molecule has 0 aliphatic rings. The topological polar surface area (TPSA) is 66.5 Å². The first-order valence-corrected chi connectivity index (χ1v) is 4.05. The highest BCUT2D eigenvalue weighted by Crippen LogP contribution is 2.18. The van der Waals surface area contributed by atoms with Crippen LogP contribution in [0.3, 0.4) is 0 Å². The molecule has 0 radical (unpaired) electrons. The molecule has 1 aromatic carbocycles. The third-order valence-electron chi connectivity index (χ3n) is 1.90. The molecule has 0 spiro atoms. The quantitative estimate of drug-likeness (QED) is 0.662. The molecule has 0 aliphatic heterocycles. The Morgan fingerprint density at radius 1 is 1.29 bits per heavy atom. The Morgan fingerprint density at radius 3 is 2.43 bits per heavy atom. The van der Waals surface area contributed by atoms with Gasteiger partial charge in [0.1, 0.15) is 0 Å². The molecule has 78 valence electrons. The Hall–Kier alpha value is -1.04. The Labute approximate surface area is 79.8 Å². The fraction of sp³-hybridized carbons (Fsp3) is 0.333. The minimum atomic E-state index is -1.20. The van der Waals surface area contributed by atoms with Crippen molar-refractivity contribution >= 4 is 0 Å². The van der Waals surface area contributed by atoms with Crippen molar-refractivity contribution in [3.8, 4) is 0 Å². The van der Waals surface area contributed by atoms with Gasteiger partial charge in [-0.25, -0.2) is 8.78 Å². The van der Waals surface area contributed by atoms with E-state index in [1.54, 1.807) is 0 Å². The maximum Gasteiger partial charge on any atom is 0.159 e. The van der Waals surface area contributed by atoms with Gasteiger partial charge in [0, 0.05) is 0 Å². The minimum absolute atomic E-state index is 0.144. The van der Waals surface area contributed by atoms with Gasteiger partial charge in [-0.2, -0.15) is 0 Å². The zero-order chi connectivity index (χ0) is 10.7. The van der Waals surface area contributed by atoms with Crippen molar-refractivity contribution < 1.29 is 19.0 Å². The van der Waals surface area contributed by atoms with E-state index in [1.165, 1.54) is 6.07 Å². The fourth-order valence-corrected chi connectivity index (χ4v) is 1.04. The van der Waals surface area contributed by atoms with E-state index in [0.717, 1.165) is 12.1 Å². The summed E-state index contributed by atoms with van der Waals surface area (Å²) in [7, 11) is 0. The summed E-state index contributed by atoms with van der Waals surface area (Å²) in [6, 6.07) is 2.08. The van der Waals surface area contributed by atoms with Gasteiger partial charge >= 0.3 is 0 Å². The highest BCUT2D eigenvalue weighted by molar-refractivity contribution is 5.21. The van der Waals surface area contributed by atoms with E-state index >= 15 is 0 Å². The van der Waals surface area contributed by atoms with Crippen LogP contribution in [0, 0.1) is 11.6 Å². The third-order valence-corrected chi connectivity index (χ3v) is 1.90. The number of hydrogen-bond acceptors (Lipinski definition) is 3. The van der Waals surface area contributed by atoms with Crippen LogP contribution in [-0.4, -0.2) is 22.9 Å². The lowest BCUT2D eigenvalue weighted by molar-refractivity contribution is 0.109.